The number of rotatable bonds is 7. The summed E-state index contributed by atoms with van der Waals surface area (Å²) in [5, 5.41) is 13.9. The lowest BCUT2D eigenvalue weighted by atomic mass is 10.1. The van der Waals surface area contributed by atoms with Crippen LogP contribution in [-0.4, -0.2) is 37.6 Å². The van der Waals surface area contributed by atoms with E-state index in [1.807, 2.05) is 60.0 Å². The van der Waals surface area contributed by atoms with E-state index in [1.165, 1.54) is 11.8 Å². The van der Waals surface area contributed by atoms with Gasteiger partial charge in [-0.1, -0.05) is 47.6 Å². The number of aryl methyl sites for hydroxylation is 1. The molecule has 0 spiro atoms. The van der Waals surface area contributed by atoms with Gasteiger partial charge in [-0.15, -0.1) is 10.2 Å². The molecule has 4 aromatic rings. The van der Waals surface area contributed by atoms with Crippen molar-refractivity contribution in [1.29, 1.82) is 0 Å². The molecule has 2 heterocycles. The van der Waals surface area contributed by atoms with Crippen LogP contribution in [0.3, 0.4) is 0 Å². The maximum absolute atomic E-state index is 12.3. The summed E-state index contributed by atoms with van der Waals surface area (Å²) in [5.74, 6) is 0.541. The summed E-state index contributed by atoms with van der Waals surface area (Å²) in [5.41, 5.74) is 6.29. The molecule has 2 aromatic carbocycles. The summed E-state index contributed by atoms with van der Waals surface area (Å²) in [7, 11) is 0. The van der Waals surface area contributed by atoms with Gasteiger partial charge in [0.2, 0.25) is 0 Å². The van der Waals surface area contributed by atoms with Gasteiger partial charge in [0, 0.05) is 28.7 Å². The first-order chi connectivity index (χ1) is 15.6. The van der Waals surface area contributed by atoms with Gasteiger partial charge in [0.05, 0.1) is 12.0 Å². The van der Waals surface area contributed by atoms with Crippen molar-refractivity contribution in [3.63, 3.8) is 0 Å². The van der Waals surface area contributed by atoms with Gasteiger partial charge in [-0.3, -0.25) is 14.3 Å². The van der Waals surface area contributed by atoms with Gasteiger partial charge in [-0.25, -0.2) is 5.43 Å². The number of pyridine rings is 1. The van der Waals surface area contributed by atoms with Crippen LogP contribution in [0.5, 0.6) is 0 Å². The van der Waals surface area contributed by atoms with E-state index in [-0.39, 0.29) is 11.7 Å². The molecule has 160 valence electrons. The van der Waals surface area contributed by atoms with Crippen molar-refractivity contribution in [1.82, 2.24) is 25.2 Å². The highest BCUT2D eigenvalue weighted by molar-refractivity contribution is 7.99. The third-order valence-corrected chi connectivity index (χ3v) is 5.75. The maximum atomic E-state index is 12.3. The summed E-state index contributed by atoms with van der Waals surface area (Å²) in [6.45, 7) is 1.99. The van der Waals surface area contributed by atoms with E-state index < -0.39 is 0 Å². The Labute approximate surface area is 194 Å². The number of aromatic nitrogens is 4. The minimum Gasteiger partial charge on any atom is -0.272 e. The molecule has 32 heavy (non-hydrogen) atoms. The number of nitrogens with one attached hydrogen (secondary N) is 1. The van der Waals surface area contributed by atoms with E-state index in [9.17, 15) is 4.79 Å². The van der Waals surface area contributed by atoms with E-state index in [1.54, 1.807) is 30.7 Å². The first kappa shape index (κ1) is 21.7. The van der Waals surface area contributed by atoms with E-state index in [2.05, 4.69) is 25.7 Å². The fourth-order valence-corrected chi connectivity index (χ4v) is 3.81. The summed E-state index contributed by atoms with van der Waals surface area (Å²) in [6, 6.07) is 18.9. The minimum absolute atomic E-state index is 0.132. The number of thioether (sulfide) groups is 1. The van der Waals surface area contributed by atoms with Crippen LogP contribution in [0.4, 0.5) is 0 Å². The number of nitrogens with zero attached hydrogens (tertiary/aromatic N) is 5. The Morgan fingerprint density at radius 3 is 2.59 bits per heavy atom. The molecule has 0 aliphatic heterocycles. The number of carbonyl (C=O) groups is 1. The number of carbonyl (C=O) groups excluding carboxylic acids is 1. The molecule has 0 radical (unpaired) electrons. The maximum Gasteiger partial charge on any atom is 0.250 e. The Hall–Kier alpha value is -3.49. The molecule has 0 atom stereocenters. The molecule has 0 saturated heterocycles. The normalized spacial score (nSPS) is 11.1. The molecule has 0 fully saturated rings. The fourth-order valence-electron chi connectivity index (χ4n) is 2.94. The largest absolute Gasteiger partial charge is 0.272 e. The van der Waals surface area contributed by atoms with E-state index in [0.29, 0.717) is 16.0 Å². The lowest BCUT2D eigenvalue weighted by Crippen LogP contribution is -2.20. The molecular weight excluding hydrogens is 444 g/mol. The molecule has 0 aliphatic carbocycles. The Kier molecular flexibility index (Phi) is 6.94. The fraction of sp³-hybridized carbons (Fsp3) is 0.0870. The van der Waals surface area contributed by atoms with E-state index in [4.69, 9.17) is 11.6 Å². The first-order valence-electron chi connectivity index (χ1n) is 9.74. The second kappa shape index (κ2) is 10.2. The van der Waals surface area contributed by atoms with Crippen molar-refractivity contribution in [3.8, 4) is 17.1 Å². The van der Waals surface area contributed by atoms with Gasteiger partial charge < -0.3 is 0 Å². The highest BCUT2D eigenvalue weighted by atomic mass is 35.5. The second-order valence-corrected chi connectivity index (χ2v) is 8.17. The molecule has 0 saturated carbocycles. The predicted octanol–water partition coefficient (Wildman–Crippen LogP) is 4.53. The van der Waals surface area contributed by atoms with Crippen molar-refractivity contribution in [2.24, 2.45) is 5.10 Å². The monoisotopic (exact) mass is 462 g/mol. The number of halogens is 1. The smallest absolute Gasteiger partial charge is 0.250 e. The molecule has 0 aliphatic rings. The third-order valence-electron chi connectivity index (χ3n) is 4.57. The minimum atomic E-state index is -0.240. The molecule has 7 nitrogen and oxygen atoms in total. The van der Waals surface area contributed by atoms with Crippen molar-refractivity contribution in [2.45, 2.75) is 12.1 Å². The number of benzene rings is 2. The average molecular weight is 463 g/mol. The third kappa shape index (κ3) is 5.22. The molecular formula is C23H19ClN6OS. The van der Waals surface area contributed by atoms with Gasteiger partial charge in [0.25, 0.3) is 5.91 Å². The highest BCUT2D eigenvalue weighted by Gasteiger charge is 2.17. The standard InChI is InChI=1S/C23H19ClN6OS/c1-16-4-2-3-5-18(16)14-26-27-21(31)15-32-23-29-28-22(17-10-12-25-13-11-17)30(23)20-8-6-19(24)7-9-20/h2-14H,15H2,1H3,(H,27,31)/b26-14-. The number of hydrogen-bond donors (Lipinski definition) is 1. The first-order valence-corrected chi connectivity index (χ1v) is 11.1. The van der Waals surface area contributed by atoms with Crippen molar-refractivity contribution in [2.75, 3.05) is 5.75 Å². The Morgan fingerprint density at radius 1 is 1.09 bits per heavy atom. The van der Waals surface area contributed by atoms with Crippen molar-refractivity contribution >= 4 is 35.5 Å². The topological polar surface area (TPSA) is 85.1 Å². The van der Waals surface area contributed by atoms with Crippen LogP contribution in [0.25, 0.3) is 17.1 Å². The van der Waals surface area contributed by atoms with Crippen LogP contribution in [0.15, 0.2) is 83.3 Å². The summed E-state index contributed by atoms with van der Waals surface area (Å²) >= 11 is 7.33. The molecule has 1 N–H and O–H groups in total. The Bertz CT molecular complexity index is 1240. The molecule has 2 aromatic heterocycles. The predicted molar refractivity (Wildman–Crippen MR) is 127 cm³/mol. The van der Waals surface area contributed by atoms with Gasteiger partial charge in [-0.05, 0) is 54.4 Å². The number of hydrazone groups is 1. The van der Waals surface area contributed by atoms with E-state index >= 15 is 0 Å². The SMILES string of the molecule is Cc1ccccc1/C=N\NC(=O)CSc1nnc(-c2ccncc2)n1-c1ccc(Cl)cc1. The molecule has 4 rings (SSSR count). The van der Waals surface area contributed by atoms with Gasteiger partial charge in [-0.2, -0.15) is 5.10 Å². The van der Waals surface area contributed by atoms with Crippen LogP contribution in [0.1, 0.15) is 11.1 Å². The van der Waals surface area contributed by atoms with Gasteiger partial charge in [0.1, 0.15) is 0 Å². The molecule has 1 amide bonds. The summed E-state index contributed by atoms with van der Waals surface area (Å²) in [4.78, 5) is 16.4. The van der Waals surface area contributed by atoms with Crippen molar-refractivity contribution in [3.05, 3.63) is 89.2 Å². The average Bonchev–Trinajstić information content (AvgIpc) is 3.24. The van der Waals surface area contributed by atoms with Crippen LogP contribution >= 0.6 is 23.4 Å². The number of hydrogen-bond acceptors (Lipinski definition) is 6. The van der Waals surface area contributed by atoms with E-state index in [0.717, 1.165) is 22.4 Å². The Balaban J connectivity index is 1.51. The molecule has 0 bridgehead atoms. The van der Waals surface area contributed by atoms with Crippen LogP contribution in [0, 0.1) is 6.92 Å². The van der Waals surface area contributed by atoms with Crippen LogP contribution in [0.2, 0.25) is 5.02 Å². The second-order valence-electron chi connectivity index (χ2n) is 6.79. The van der Waals surface area contributed by atoms with Gasteiger partial charge in [0.15, 0.2) is 11.0 Å². The zero-order chi connectivity index (χ0) is 22.3. The van der Waals surface area contributed by atoms with Crippen molar-refractivity contribution < 1.29 is 4.79 Å². The quantitative estimate of drug-likeness (QED) is 0.248. The zero-order valence-corrected chi connectivity index (χ0v) is 18.7. The summed E-state index contributed by atoms with van der Waals surface area (Å²) < 4.78 is 1.89. The molecule has 0 unspecified atom stereocenters. The highest BCUT2D eigenvalue weighted by Crippen LogP contribution is 2.28. The van der Waals surface area contributed by atoms with Gasteiger partial charge >= 0.3 is 0 Å². The lowest BCUT2D eigenvalue weighted by molar-refractivity contribution is -0.118. The van der Waals surface area contributed by atoms with Crippen LogP contribution < -0.4 is 5.43 Å². The lowest BCUT2D eigenvalue weighted by Gasteiger charge is -2.10. The zero-order valence-electron chi connectivity index (χ0n) is 17.1. The Morgan fingerprint density at radius 2 is 1.84 bits per heavy atom. The summed E-state index contributed by atoms with van der Waals surface area (Å²) in [6.07, 6.45) is 5.03. The number of amides is 1. The van der Waals surface area contributed by atoms with Crippen LogP contribution in [-0.2, 0) is 4.79 Å². The molecule has 9 heteroatoms.